The van der Waals surface area contributed by atoms with Gasteiger partial charge in [-0.2, -0.15) is 0 Å². The van der Waals surface area contributed by atoms with Crippen LogP contribution in [-0.2, 0) is 9.46 Å². The lowest BCUT2D eigenvalue weighted by Gasteiger charge is -2.37. The van der Waals surface area contributed by atoms with E-state index < -0.39 is 8.32 Å². The van der Waals surface area contributed by atoms with Crippen LogP contribution in [0.4, 0.5) is 0 Å². The van der Waals surface area contributed by atoms with E-state index in [1.54, 1.807) is 0 Å². The van der Waals surface area contributed by atoms with Crippen LogP contribution in [-0.4, -0.2) is 13.9 Å². The number of hydrogen-bond acceptors (Lipinski definition) is 2. The zero-order chi connectivity index (χ0) is 12.3. The van der Waals surface area contributed by atoms with Crippen LogP contribution in [0.2, 0.25) is 18.1 Å². The monoisotopic (exact) mass is 232 g/mol. The largest absolute Gasteiger partial charge is 0.286 e. The molecule has 0 atom stereocenters. The Kier molecular flexibility index (Phi) is 5.02. The fourth-order valence-electron chi connectivity index (χ4n) is 0.986. The summed E-state index contributed by atoms with van der Waals surface area (Å²) >= 11 is 0. The van der Waals surface area contributed by atoms with Crippen LogP contribution in [0.25, 0.3) is 0 Å². The normalized spacial score (nSPS) is 14.4. The second kappa shape index (κ2) is 4.98. The van der Waals surface area contributed by atoms with Gasteiger partial charge in [0.15, 0.2) is 0 Å². The molecule has 2 nitrogen and oxygen atoms in total. The van der Waals surface area contributed by atoms with Crippen LogP contribution in [0.5, 0.6) is 0 Å². The van der Waals surface area contributed by atoms with Crippen molar-refractivity contribution in [2.45, 2.75) is 78.1 Å². The molecule has 0 saturated heterocycles. The maximum atomic E-state index is 5.75. The molecule has 0 saturated carbocycles. The van der Waals surface area contributed by atoms with Crippen LogP contribution in [0.3, 0.4) is 0 Å². The summed E-state index contributed by atoms with van der Waals surface area (Å²) in [6, 6.07) is 0. The lowest BCUT2D eigenvalue weighted by atomic mass is 10.0. The summed E-state index contributed by atoms with van der Waals surface area (Å²) in [5.41, 5.74) is -0.162. The molecule has 0 N–H and O–H groups in total. The van der Waals surface area contributed by atoms with Gasteiger partial charge in [0.2, 0.25) is 8.32 Å². The van der Waals surface area contributed by atoms with E-state index in [-0.39, 0.29) is 10.6 Å². The second-order valence-corrected chi connectivity index (χ2v) is 11.1. The zero-order valence-corrected chi connectivity index (χ0v) is 12.7. The Hall–Kier alpha value is 0.137. The highest BCUT2D eigenvalue weighted by Gasteiger charge is 2.40. The van der Waals surface area contributed by atoms with Crippen LogP contribution in [0.1, 0.15) is 54.4 Å². The summed E-state index contributed by atoms with van der Waals surface area (Å²) in [6.07, 6.45) is 2.15. The second-order valence-electron chi connectivity index (χ2n) is 6.44. The van der Waals surface area contributed by atoms with E-state index in [1.807, 2.05) is 0 Å². The highest BCUT2D eigenvalue weighted by Crippen LogP contribution is 2.37. The molecule has 0 aliphatic carbocycles. The lowest BCUT2D eigenvalue weighted by molar-refractivity contribution is -0.294. The molecule has 15 heavy (non-hydrogen) atoms. The summed E-state index contributed by atoms with van der Waals surface area (Å²) in [7, 11) is -1.77. The third-order valence-electron chi connectivity index (χ3n) is 3.13. The average molecular weight is 232 g/mol. The van der Waals surface area contributed by atoms with Gasteiger partial charge in [-0.25, -0.2) is 4.89 Å². The lowest BCUT2D eigenvalue weighted by Crippen LogP contribution is -2.43. The summed E-state index contributed by atoms with van der Waals surface area (Å²) in [6.45, 7) is 17.4. The predicted molar refractivity (Wildman–Crippen MR) is 68.4 cm³/mol. The first-order valence-electron chi connectivity index (χ1n) is 5.89. The van der Waals surface area contributed by atoms with Gasteiger partial charge in [-0.1, -0.05) is 34.1 Å². The maximum absolute atomic E-state index is 5.75. The fraction of sp³-hybridized carbons (Fsp3) is 1.00. The summed E-state index contributed by atoms with van der Waals surface area (Å²) in [5.74, 6) is 0. The molecule has 0 rings (SSSR count). The van der Waals surface area contributed by atoms with Crippen LogP contribution in [0.15, 0.2) is 0 Å². The molecule has 0 spiro atoms. The standard InChI is InChI=1S/C12H28O2Si/c1-9-10-12(5,6)13-14-15(7,8)11(2,3)4/h9-10H2,1-8H3. The van der Waals surface area contributed by atoms with E-state index in [0.29, 0.717) is 0 Å². The fourth-order valence-corrected chi connectivity index (χ4v) is 1.67. The van der Waals surface area contributed by atoms with Gasteiger partial charge < -0.3 is 0 Å². The Labute approximate surface area is 96.4 Å². The molecule has 0 bridgehead atoms. The van der Waals surface area contributed by atoms with Crippen molar-refractivity contribution in [3.05, 3.63) is 0 Å². The molecule has 0 aliphatic rings. The molecule has 0 unspecified atom stereocenters. The third kappa shape index (κ3) is 5.14. The predicted octanol–water partition coefficient (Wildman–Crippen LogP) is 4.52. The molecule has 0 heterocycles. The van der Waals surface area contributed by atoms with E-state index in [9.17, 15) is 0 Å². The molecular formula is C12H28O2Si. The van der Waals surface area contributed by atoms with Crippen molar-refractivity contribution in [2.75, 3.05) is 0 Å². The van der Waals surface area contributed by atoms with Gasteiger partial charge in [-0.15, -0.1) is 0 Å². The first-order chi connectivity index (χ1) is 6.52. The van der Waals surface area contributed by atoms with Crippen LogP contribution >= 0.6 is 0 Å². The molecule has 3 heteroatoms. The zero-order valence-electron chi connectivity index (χ0n) is 11.7. The van der Waals surface area contributed by atoms with Crippen molar-refractivity contribution in [1.29, 1.82) is 0 Å². The number of rotatable bonds is 5. The Morgan fingerprint density at radius 3 is 1.80 bits per heavy atom. The van der Waals surface area contributed by atoms with Gasteiger partial charge in [0.05, 0.1) is 5.60 Å². The van der Waals surface area contributed by atoms with Crippen molar-refractivity contribution < 1.29 is 9.46 Å². The Balaban J connectivity index is 4.26. The van der Waals surface area contributed by atoms with Crippen molar-refractivity contribution in [1.82, 2.24) is 0 Å². The molecule has 0 aromatic rings. The minimum Gasteiger partial charge on any atom is -0.286 e. The number of hydrogen-bond donors (Lipinski definition) is 0. The first kappa shape index (κ1) is 15.1. The average Bonchev–Trinajstić information content (AvgIpc) is 1.99. The Bertz CT molecular complexity index is 192. The quantitative estimate of drug-likeness (QED) is 0.394. The van der Waals surface area contributed by atoms with E-state index >= 15 is 0 Å². The highest BCUT2D eigenvalue weighted by molar-refractivity contribution is 6.73. The van der Waals surface area contributed by atoms with Gasteiger partial charge in [-0.05, 0) is 38.4 Å². The molecule has 0 aromatic carbocycles. The topological polar surface area (TPSA) is 18.5 Å². The SMILES string of the molecule is CCCC(C)(C)OO[Si](C)(C)C(C)(C)C. The molecule has 0 fully saturated rings. The van der Waals surface area contributed by atoms with Gasteiger partial charge in [0.25, 0.3) is 0 Å². The molecule has 0 radical (unpaired) electrons. The highest BCUT2D eigenvalue weighted by atomic mass is 28.4. The molecule has 0 aromatic heterocycles. The van der Waals surface area contributed by atoms with E-state index in [2.05, 4.69) is 54.6 Å². The van der Waals surface area contributed by atoms with Gasteiger partial charge in [0.1, 0.15) is 0 Å². The van der Waals surface area contributed by atoms with Gasteiger partial charge >= 0.3 is 0 Å². The van der Waals surface area contributed by atoms with E-state index in [4.69, 9.17) is 9.46 Å². The van der Waals surface area contributed by atoms with Gasteiger partial charge in [0, 0.05) is 0 Å². The van der Waals surface area contributed by atoms with Crippen LogP contribution < -0.4 is 0 Å². The minimum absolute atomic E-state index is 0.162. The van der Waals surface area contributed by atoms with Crippen molar-refractivity contribution in [3.8, 4) is 0 Å². The smallest absolute Gasteiger partial charge is 0.238 e. The molecule has 92 valence electrons. The van der Waals surface area contributed by atoms with Crippen molar-refractivity contribution in [2.24, 2.45) is 0 Å². The van der Waals surface area contributed by atoms with Crippen molar-refractivity contribution in [3.63, 3.8) is 0 Å². The first-order valence-corrected chi connectivity index (χ1v) is 8.79. The summed E-state index contributed by atoms with van der Waals surface area (Å²) in [5, 5.41) is 0.204. The summed E-state index contributed by atoms with van der Waals surface area (Å²) in [4.78, 5) is 5.62. The maximum Gasteiger partial charge on any atom is 0.238 e. The molecule has 0 amide bonds. The van der Waals surface area contributed by atoms with Crippen molar-refractivity contribution >= 4 is 8.32 Å². The minimum atomic E-state index is -1.77. The Morgan fingerprint density at radius 1 is 1.00 bits per heavy atom. The summed E-state index contributed by atoms with van der Waals surface area (Å²) < 4.78 is 5.75. The van der Waals surface area contributed by atoms with Gasteiger partial charge in [-0.3, -0.25) is 4.58 Å². The van der Waals surface area contributed by atoms with E-state index in [1.165, 1.54) is 0 Å². The molecule has 0 aliphatic heterocycles. The van der Waals surface area contributed by atoms with Crippen LogP contribution in [0, 0.1) is 0 Å². The third-order valence-corrected chi connectivity index (χ3v) is 7.25. The van der Waals surface area contributed by atoms with E-state index in [0.717, 1.165) is 12.8 Å². The Morgan fingerprint density at radius 2 is 1.47 bits per heavy atom. The molecular weight excluding hydrogens is 204 g/mol.